The van der Waals surface area contributed by atoms with Crippen LogP contribution in [0.5, 0.6) is 0 Å². The first kappa shape index (κ1) is 6.73. The summed E-state index contributed by atoms with van der Waals surface area (Å²) in [6, 6.07) is 0. The molecule has 0 aromatic heterocycles. The topological polar surface area (TPSA) is 0 Å². The van der Waals surface area contributed by atoms with Crippen molar-refractivity contribution in [3.05, 3.63) is 0 Å². The summed E-state index contributed by atoms with van der Waals surface area (Å²) in [6.07, 6.45) is 2.52. The molecular weight excluding hydrogens is 110 g/mol. The summed E-state index contributed by atoms with van der Waals surface area (Å²) in [6.45, 7) is 4.37. The van der Waals surface area contributed by atoms with Crippen LogP contribution in [-0.4, -0.2) is 12.3 Å². The van der Waals surface area contributed by atoms with Gasteiger partial charge in [-0.1, -0.05) is 0 Å². The molecule has 0 amide bonds. The van der Waals surface area contributed by atoms with Crippen LogP contribution in [0, 0.1) is 0 Å². The second-order valence-electron chi connectivity index (χ2n) is 1.14. The molecule has 0 bridgehead atoms. The summed E-state index contributed by atoms with van der Waals surface area (Å²) < 4.78 is 0. The van der Waals surface area contributed by atoms with Crippen molar-refractivity contribution in [2.45, 2.75) is 13.8 Å². The van der Waals surface area contributed by atoms with Crippen LogP contribution in [0.2, 0.25) is 0 Å². The fraction of sp³-hybridized carbons (Fsp3) is 1.00. The Morgan fingerprint density at radius 1 is 1.33 bits per heavy atom. The second-order valence-corrected chi connectivity index (χ2v) is 5.11. The van der Waals surface area contributed by atoms with Gasteiger partial charge in [-0.25, -0.2) is 0 Å². The molecule has 2 heteroatoms. The zero-order valence-corrected chi connectivity index (χ0v) is 6.10. The Labute approximate surface area is 42.4 Å². The van der Waals surface area contributed by atoms with E-state index in [1.54, 1.807) is 0 Å². The molecule has 6 heavy (non-hydrogen) atoms. The molecule has 0 unspecified atom stereocenters. The van der Waals surface area contributed by atoms with Gasteiger partial charge in [-0.2, -0.15) is 0 Å². The van der Waals surface area contributed by atoms with Gasteiger partial charge < -0.3 is 0 Å². The van der Waals surface area contributed by atoms with Gasteiger partial charge in [-0.3, -0.25) is 0 Å². The fourth-order valence-corrected chi connectivity index (χ4v) is 0.671. The van der Waals surface area contributed by atoms with Gasteiger partial charge in [0.25, 0.3) is 0 Å². The molecule has 0 rings (SSSR count). The Morgan fingerprint density at radius 2 is 1.67 bits per heavy atom. The van der Waals surface area contributed by atoms with Crippen LogP contribution in [0.15, 0.2) is 0 Å². The molecule has 0 nitrogen and oxygen atoms in total. The van der Waals surface area contributed by atoms with Crippen molar-refractivity contribution in [2.75, 3.05) is 12.3 Å². The Bertz CT molecular complexity index is 69.3. The first-order chi connectivity index (χ1) is 2.81. The predicted molar refractivity (Wildman–Crippen MR) is 34.9 cm³/mol. The molecule has 0 aliphatic carbocycles. The molecule has 0 atom stereocenters. The minimum absolute atomic E-state index is 0.118. The first-order valence-electron chi connectivity index (χ1n) is 2.25. The van der Waals surface area contributed by atoms with E-state index in [0.29, 0.717) is 0 Å². The molecule has 0 aliphatic heterocycles. The van der Waals surface area contributed by atoms with Gasteiger partial charge in [0.1, 0.15) is 0 Å². The summed E-state index contributed by atoms with van der Waals surface area (Å²) in [7, 11) is 4.41. The molecule has 0 fully saturated rings. The van der Waals surface area contributed by atoms with E-state index in [0.717, 1.165) is 0 Å². The fourth-order valence-electron chi connectivity index (χ4n) is 0.224. The Morgan fingerprint density at radius 3 is 1.67 bits per heavy atom. The minimum atomic E-state index is 0.118. The molecule has 0 saturated heterocycles. The number of hydrogen-bond acceptors (Lipinski definition) is 0. The molecule has 0 aliphatic rings. The standard InChI is InChI=1S/C4H10P2/c1-3-6(5)4-2/h3-4H2,1-2H3. The molecule has 0 radical (unpaired) electrons. The molecule has 36 valence electrons. The van der Waals surface area contributed by atoms with Gasteiger partial charge in [0, 0.05) is 0 Å². The Hall–Kier alpha value is 0.730. The van der Waals surface area contributed by atoms with E-state index >= 15 is 0 Å². The van der Waals surface area contributed by atoms with Crippen LogP contribution >= 0.6 is 15.4 Å². The zero-order chi connectivity index (χ0) is 4.99. The van der Waals surface area contributed by atoms with Crippen molar-refractivity contribution < 1.29 is 0 Å². The van der Waals surface area contributed by atoms with E-state index in [2.05, 4.69) is 22.2 Å². The van der Waals surface area contributed by atoms with Crippen molar-refractivity contribution >= 4 is 15.4 Å². The third-order valence-electron chi connectivity index (χ3n) is 0.730. The van der Waals surface area contributed by atoms with Crippen LogP contribution in [-0.2, 0) is 0 Å². The number of rotatable bonds is 0. The van der Waals surface area contributed by atoms with E-state index in [1.165, 1.54) is 12.3 Å². The van der Waals surface area contributed by atoms with Crippen LogP contribution in [0.25, 0.3) is 0 Å². The van der Waals surface area contributed by atoms with E-state index in [9.17, 15) is 0 Å². The second kappa shape index (κ2) is 3.90. The first-order valence-corrected chi connectivity index (χ1v) is 5.11. The van der Waals surface area contributed by atoms with Gasteiger partial charge in [-0.15, -0.1) is 0 Å². The predicted octanol–water partition coefficient (Wildman–Crippen LogP) is 2.83. The van der Waals surface area contributed by atoms with Crippen molar-refractivity contribution in [3.8, 4) is 0 Å². The molecule has 0 N–H and O–H groups in total. The molecular formula is C4H10P2. The molecule has 0 aromatic carbocycles. The Kier molecular flexibility index (Phi) is 4.38. The van der Waals surface area contributed by atoms with Gasteiger partial charge in [-0.05, 0) is 0 Å². The Balaban J connectivity index is 3.08. The van der Waals surface area contributed by atoms with Crippen LogP contribution < -0.4 is 0 Å². The molecule has 0 saturated carbocycles. The van der Waals surface area contributed by atoms with Gasteiger partial charge in [0.2, 0.25) is 0 Å². The van der Waals surface area contributed by atoms with E-state index in [4.69, 9.17) is 0 Å². The van der Waals surface area contributed by atoms with Crippen molar-refractivity contribution in [1.29, 1.82) is 0 Å². The van der Waals surface area contributed by atoms with E-state index < -0.39 is 0 Å². The molecule has 0 heterocycles. The van der Waals surface area contributed by atoms with Crippen molar-refractivity contribution in [3.63, 3.8) is 0 Å². The molecule has 0 aromatic rings. The van der Waals surface area contributed by atoms with Gasteiger partial charge in [0.05, 0.1) is 0 Å². The van der Waals surface area contributed by atoms with Crippen molar-refractivity contribution in [1.82, 2.24) is 0 Å². The van der Waals surface area contributed by atoms with Gasteiger partial charge in [0.15, 0.2) is 0 Å². The maximum absolute atomic E-state index is 4.29. The average Bonchev–Trinajstić information content (AvgIpc) is 1.65. The third kappa shape index (κ3) is 2.94. The normalized spacial score (nSPS) is 8.17. The average molecular weight is 120 g/mol. The van der Waals surface area contributed by atoms with Crippen LogP contribution in [0.4, 0.5) is 0 Å². The quantitative estimate of drug-likeness (QED) is 0.431. The summed E-state index contributed by atoms with van der Waals surface area (Å²) in [5.41, 5.74) is 0. The monoisotopic (exact) mass is 120 g/mol. The summed E-state index contributed by atoms with van der Waals surface area (Å²) >= 11 is 0. The SMILES string of the molecule is CCP(#P)CC. The number of hydrogen-bond donors (Lipinski definition) is 0. The molecule has 0 spiro atoms. The maximum atomic E-state index is 4.29. The summed E-state index contributed by atoms with van der Waals surface area (Å²) in [4.78, 5) is 0. The van der Waals surface area contributed by atoms with Gasteiger partial charge >= 0.3 is 41.5 Å². The zero-order valence-electron chi connectivity index (χ0n) is 4.31. The summed E-state index contributed by atoms with van der Waals surface area (Å²) in [5, 5.41) is 0. The van der Waals surface area contributed by atoms with Crippen molar-refractivity contribution in [2.24, 2.45) is 0 Å². The van der Waals surface area contributed by atoms with E-state index in [-0.39, 0.29) is 7.02 Å². The van der Waals surface area contributed by atoms with Crippen LogP contribution in [0.1, 0.15) is 13.8 Å². The van der Waals surface area contributed by atoms with E-state index in [1.807, 2.05) is 0 Å². The van der Waals surface area contributed by atoms with Crippen LogP contribution in [0.3, 0.4) is 0 Å². The third-order valence-corrected chi connectivity index (χ3v) is 3.89. The summed E-state index contributed by atoms with van der Waals surface area (Å²) in [5.74, 6) is 0.